The van der Waals surface area contributed by atoms with Crippen LogP contribution in [-0.4, -0.2) is 16.0 Å². The van der Waals surface area contributed by atoms with E-state index >= 15 is 0 Å². The lowest BCUT2D eigenvalue weighted by molar-refractivity contribution is 0.105. The molecule has 0 amide bonds. The van der Waals surface area contributed by atoms with Gasteiger partial charge in [0.05, 0.1) is 12.6 Å². The molecule has 160 valence electrons. The van der Waals surface area contributed by atoms with Crippen molar-refractivity contribution in [3.63, 3.8) is 0 Å². The summed E-state index contributed by atoms with van der Waals surface area (Å²) in [6.45, 7) is 7.42. The summed E-state index contributed by atoms with van der Waals surface area (Å²) in [7, 11) is 0. The number of aromatic hydroxyl groups is 2. The zero-order valence-corrected chi connectivity index (χ0v) is 17.8. The van der Waals surface area contributed by atoms with E-state index in [4.69, 9.17) is 6.57 Å². The van der Waals surface area contributed by atoms with Gasteiger partial charge in [0.25, 0.3) is 5.70 Å². The van der Waals surface area contributed by atoms with Gasteiger partial charge < -0.3 is 10.2 Å². The van der Waals surface area contributed by atoms with Crippen molar-refractivity contribution in [2.45, 2.75) is 0 Å². The summed E-state index contributed by atoms with van der Waals surface area (Å²) in [6, 6.07) is 26.5. The number of rotatable bonds is 2. The third-order valence-electron chi connectivity index (χ3n) is 5.93. The van der Waals surface area contributed by atoms with Crippen LogP contribution in [-0.2, 0) is 0 Å². The van der Waals surface area contributed by atoms with Gasteiger partial charge >= 0.3 is 0 Å². The summed E-state index contributed by atoms with van der Waals surface area (Å²) in [5.41, 5.74) is 5.77. The van der Waals surface area contributed by atoms with Crippen molar-refractivity contribution in [3.8, 4) is 50.9 Å². The quantitative estimate of drug-likeness (QED) is 0.213. The summed E-state index contributed by atoms with van der Waals surface area (Å²) in [5, 5.41) is 28.8. The molecule has 0 atom stereocenters. The zero-order chi connectivity index (χ0) is 23.8. The van der Waals surface area contributed by atoms with Crippen LogP contribution >= 0.6 is 0 Å². The van der Waals surface area contributed by atoms with Gasteiger partial charge in [0, 0.05) is 11.1 Å². The highest BCUT2D eigenvalue weighted by Gasteiger charge is 2.30. The number of benzene rings is 4. The predicted octanol–water partition coefficient (Wildman–Crippen LogP) is 6.45. The Morgan fingerprint density at radius 1 is 0.676 bits per heavy atom. The SMILES string of the molecule is [C-]#[N+]/C(C#N)=C1\C(=O)c2ccc(-c3ccc(O)cc3)cc2-c2cc(-c3ccc(O)cc3)ccc21. The Morgan fingerprint density at radius 3 is 1.59 bits per heavy atom. The Balaban J connectivity index is 1.78. The minimum atomic E-state index is -0.357. The summed E-state index contributed by atoms with van der Waals surface area (Å²) < 4.78 is 0. The Labute approximate surface area is 195 Å². The van der Waals surface area contributed by atoms with Gasteiger partial charge in [-0.15, -0.1) is 0 Å². The molecule has 1 aliphatic rings. The van der Waals surface area contributed by atoms with Crippen LogP contribution in [0, 0.1) is 17.9 Å². The highest BCUT2D eigenvalue weighted by molar-refractivity contribution is 6.35. The number of nitriles is 1. The van der Waals surface area contributed by atoms with E-state index in [1.165, 1.54) is 0 Å². The summed E-state index contributed by atoms with van der Waals surface area (Å²) in [6.07, 6.45) is 0. The molecule has 2 N–H and O–H groups in total. The van der Waals surface area contributed by atoms with E-state index in [1.807, 2.05) is 30.3 Å². The Hall–Kier alpha value is -5.13. The Bertz CT molecular complexity index is 1570. The molecule has 0 saturated carbocycles. The number of phenolic OH excluding ortho intramolecular Hbond substituents is 2. The second-order valence-electron chi connectivity index (χ2n) is 7.89. The lowest BCUT2D eigenvalue weighted by Gasteiger charge is -2.23. The maximum absolute atomic E-state index is 13.4. The first-order chi connectivity index (χ1) is 16.5. The molecule has 0 saturated heterocycles. The predicted molar refractivity (Wildman–Crippen MR) is 130 cm³/mol. The van der Waals surface area contributed by atoms with E-state index in [2.05, 4.69) is 4.85 Å². The molecule has 5 nitrogen and oxygen atoms in total. The van der Waals surface area contributed by atoms with Crippen molar-refractivity contribution >= 4 is 11.4 Å². The molecule has 5 heteroatoms. The van der Waals surface area contributed by atoms with E-state index in [0.717, 1.165) is 27.8 Å². The monoisotopic (exact) mass is 440 g/mol. The molecule has 0 fully saturated rings. The first kappa shape index (κ1) is 20.8. The second-order valence-corrected chi connectivity index (χ2v) is 7.89. The molecule has 0 aliphatic heterocycles. The van der Waals surface area contributed by atoms with Crippen molar-refractivity contribution in [3.05, 3.63) is 113 Å². The van der Waals surface area contributed by atoms with Gasteiger partial charge in [0.15, 0.2) is 5.78 Å². The zero-order valence-electron chi connectivity index (χ0n) is 17.8. The fourth-order valence-corrected chi connectivity index (χ4v) is 4.25. The molecule has 0 radical (unpaired) electrons. The highest BCUT2D eigenvalue weighted by Crippen LogP contribution is 2.44. The topological polar surface area (TPSA) is 85.7 Å². The van der Waals surface area contributed by atoms with Crippen molar-refractivity contribution in [2.24, 2.45) is 0 Å². The number of phenols is 2. The number of carbonyl (C=O) groups is 1. The van der Waals surface area contributed by atoms with Crippen LogP contribution in [0.4, 0.5) is 0 Å². The van der Waals surface area contributed by atoms with Gasteiger partial charge in [-0.3, -0.25) is 4.79 Å². The van der Waals surface area contributed by atoms with Crippen LogP contribution < -0.4 is 0 Å². The van der Waals surface area contributed by atoms with Crippen molar-refractivity contribution in [1.29, 1.82) is 5.26 Å². The van der Waals surface area contributed by atoms with Crippen LogP contribution in [0.25, 0.3) is 43.8 Å². The number of hydrogen-bond acceptors (Lipinski definition) is 4. The second kappa shape index (κ2) is 8.09. The van der Waals surface area contributed by atoms with Crippen LogP contribution in [0.2, 0.25) is 0 Å². The van der Waals surface area contributed by atoms with Crippen molar-refractivity contribution in [1.82, 2.24) is 0 Å². The molecule has 0 spiro atoms. The molecule has 0 bridgehead atoms. The van der Waals surface area contributed by atoms with E-state index in [0.29, 0.717) is 16.7 Å². The minimum Gasteiger partial charge on any atom is -0.508 e. The van der Waals surface area contributed by atoms with Crippen molar-refractivity contribution < 1.29 is 15.0 Å². The number of hydrogen-bond donors (Lipinski definition) is 2. The summed E-state index contributed by atoms with van der Waals surface area (Å²) in [5.74, 6) is -0.0273. The highest BCUT2D eigenvalue weighted by atomic mass is 16.3. The van der Waals surface area contributed by atoms with Gasteiger partial charge in [-0.1, -0.05) is 42.5 Å². The molecule has 0 heterocycles. The summed E-state index contributed by atoms with van der Waals surface area (Å²) in [4.78, 5) is 16.7. The van der Waals surface area contributed by atoms with Crippen LogP contribution in [0.15, 0.2) is 90.6 Å². The maximum Gasteiger partial charge on any atom is 0.273 e. The molecule has 4 aromatic rings. The van der Waals surface area contributed by atoms with Gasteiger partial charge in [-0.05, 0) is 81.4 Å². The number of carbonyl (C=O) groups excluding carboxylic acids is 1. The number of Topliss-reactive ketones (excluding diaryl/α,β-unsaturated/α-hetero) is 1. The Morgan fingerprint density at radius 2 is 1.12 bits per heavy atom. The van der Waals surface area contributed by atoms with Crippen molar-refractivity contribution in [2.75, 3.05) is 0 Å². The first-order valence-electron chi connectivity index (χ1n) is 10.4. The van der Waals surface area contributed by atoms with Crippen LogP contribution in [0.1, 0.15) is 15.9 Å². The number of ketones is 1. The van der Waals surface area contributed by atoms with Gasteiger partial charge in [-0.25, -0.2) is 10.1 Å². The van der Waals surface area contributed by atoms with E-state index < -0.39 is 0 Å². The average molecular weight is 440 g/mol. The number of allylic oxidation sites excluding steroid dienone is 2. The molecule has 0 aromatic heterocycles. The van der Waals surface area contributed by atoms with Gasteiger partial charge in [0.1, 0.15) is 11.5 Å². The molecule has 0 unspecified atom stereocenters. The average Bonchev–Trinajstić information content (AvgIpc) is 2.87. The normalized spacial score (nSPS) is 13.3. The van der Waals surface area contributed by atoms with Gasteiger partial charge in [-0.2, -0.15) is 0 Å². The molecule has 4 aromatic carbocycles. The van der Waals surface area contributed by atoms with E-state index in [9.17, 15) is 20.3 Å². The van der Waals surface area contributed by atoms with E-state index in [-0.39, 0.29) is 28.6 Å². The largest absolute Gasteiger partial charge is 0.508 e. The van der Waals surface area contributed by atoms with E-state index in [1.54, 1.807) is 60.7 Å². The molecule has 1 aliphatic carbocycles. The number of nitrogens with zero attached hydrogens (tertiary/aromatic N) is 2. The first-order valence-corrected chi connectivity index (χ1v) is 10.4. The smallest absolute Gasteiger partial charge is 0.273 e. The summed E-state index contributed by atoms with van der Waals surface area (Å²) >= 11 is 0. The third kappa shape index (κ3) is 3.39. The minimum absolute atomic E-state index is 0.106. The standard InChI is InChI=1S/C29H16N2O3/c1-31-27(16-30)28-23-12-6-19(17-2-8-21(32)9-3-17)14-25(23)26-15-20(7-13-24(26)29(28)34)18-4-10-22(33)11-5-18/h2-15,32-33H/b28-27-. The number of fused-ring (bicyclic) bond motifs is 3. The van der Waals surface area contributed by atoms with Gasteiger partial charge in [0.2, 0.25) is 0 Å². The molecular formula is C29H16N2O3. The molecule has 34 heavy (non-hydrogen) atoms. The lowest BCUT2D eigenvalue weighted by atomic mass is 9.78. The molecule has 5 rings (SSSR count). The van der Waals surface area contributed by atoms with Crippen LogP contribution in [0.3, 0.4) is 0 Å². The fraction of sp³-hybridized carbons (Fsp3) is 0. The molecular weight excluding hydrogens is 424 g/mol. The van der Waals surface area contributed by atoms with Crippen LogP contribution in [0.5, 0.6) is 11.5 Å². The Kier molecular flexibility index (Phi) is 4.94. The fourth-order valence-electron chi connectivity index (χ4n) is 4.25. The third-order valence-corrected chi connectivity index (χ3v) is 5.93. The lowest BCUT2D eigenvalue weighted by Crippen LogP contribution is -2.13. The maximum atomic E-state index is 13.4.